The first kappa shape index (κ1) is 9.21. The van der Waals surface area contributed by atoms with Crippen LogP contribution in [-0.2, 0) is 0 Å². The molecule has 0 saturated heterocycles. The van der Waals surface area contributed by atoms with Gasteiger partial charge in [0.1, 0.15) is 17.5 Å². The number of hydrogen-bond acceptors (Lipinski definition) is 4. The molecule has 2 rings (SSSR count). The standard InChI is InChI=1S/C10H9N5/c1-7-2-3-13-9(4-7)15-10(12)8(5-11)6-14-15/h2-4,6H,12H2,1H3. The Morgan fingerprint density at radius 3 is 2.93 bits per heavy atom. The average molecular weight is 199 g/mol. The number of rotatable bonds is 1. The van der Waals surface area contributed by atoms with E-state index in [0.29, 0.717) is 17.2 Å². The second-order valence-corrected chi connectivity index (χ2v) is 3.16. The summed E-state index contributed by atoms with van der Waals surface area (Å²) in [7, 11) is 0. The van der Waals surface area contributed by atoms with Crippen LogP contribution in [0.3, 0.4) is 0 Å². The topological polar surface area (TPSA) is 80.5 Å². The molecule has 2 aromatic rings. The van der Waals surface area contributed by atoms with Gasteiger partial charge in [-0.2, -0.15) is 15.0 Å². The fraction of sp³-hybridized carbons (Fsp3) is 0.100. The smallest absolute Gasteiger partial charge is 0.155 e. The molecule has 2 aromatic heterocycles. The lowest BCUT2D eigenvalue weighted by molar-refractivity contribution is 0.855. The van der Waals surface area contributed by atoms with Gasteiger partial charge < -0.3 is 5.73 Å². The van der Waals surface area contributed by atoms with Gasteiger partial charge in [-0.1, -0.05) is 0 Å². The third kappa shape index (κ3) is 1.53. The highest BCUT2D eigenvalue weighted by Gasteiger charge is 2.08. The van der Waals surface area contributed by atoms with E-state index in [9.17, 15) is 0 Å². The van der Waals surface area contributed by atoms with Crippen molar-refractivity contribution in [1.29, 1.82) is 5.26 Å². The van der Waals surface area contributed by atoms with Crippen LogP contribution in [0.4, 0.5) is 5.82 Å². The monoisotopic (exact) mass is 199 g/mol. The lowest BCUT2D eigenvalue weighted by atomic mass is 10.3. The number of aromatic nitrogens is 3. The minimum Gasteiger partial charge on any atom is -0.382 e. The van der Waals surface area contributed by atoms with Crippen molar-refractivity contribution < 1.29 is 0 Å². The summed E-state index contributed by atoms with van der Waals surface area (Å²) in [6, 6.07) is 5.70. The van der Waals surface area contributed by atoms with Crippen molar-refractivity contribution in [1.82, 2.24) is 14.8 Å². The summed E-state index contributed by atoms with van der Waals surface area (Å²) in [5, 5.41) is 12.7. The molecule has 5 nitrogen and oxygen atoms in total. The summed E-state index contributed by atoms with van der Waals surface area (Å²) in [5.41, 5.74) is 7.16. The van der Waals surface area contributed by atoms with Crippen molar-refractivity contribution in [3.63, 3.8) is 0 Å². The third-order valence-electron chi connectivity index (χ3n) is 2.04. The number of nitrogen functional groups attached to an aromatic ring is 1. The van der Waals surface area contributed by atoms with E-state index in [1.54, 1.807) is 6.20 Å². The maximum atomic E-state index is 8.73. The number of anilines is 1. The number of aryl methyl sites for hydroxylation is 1. The molecule has 0 aliphatic heterocycles. The van der Waals surface area contributed by atoms with Gasteiger partial charge in [0.25, 0.3) is 0 Å². The molecular weight excluding hydrogens is 190 g/mol. The van der Waals surface area contributed by atoms with Gasteiger partial charge in [0.2, 0.25) is 0 Å². The predicted octanol–water partition coefficient (Wildman–Crippen LogP) is 1.03. The molecule has 2 heterocycles. The molecule has 0 atom stereocenters. The minimum atomic E-state index is 0.315. The summed E-state index contributed by atoms with van der Waals surface area (Å²) in [6.07, 6.45) is 3.11. The summed E-state index contributed by atoms with van der Waals surface area (Å²) in [4.78, 5) is 4.13. The van der Waals surface area contributed by atoms with Crippen LogP contribution < -0.4 is 5.73 Å². The summed E-state index contributed by atoms with van der Waals surface area (Å²) in [6.45, 7) is 1.95. The third-order valence-corrected chi connectivity index (χ3v) is 2.04. The molecule has 0 radical (unpaired) electrons. The molecular formula is C10H9N5. The first-order valence-electron chi connectivity index (χ1n) is 4.39. The van der Waals surface area contributed by atoms with Gasteiger partial charge in [-0.05, 0) is 24.6 Å². The largest absolute Gasteiger partial charge is 0.382 e. The molecule has 0 aliphatic rings. The quantitative estimate of drug-likeness (QED) is 0.743. The summed E-state index contributed by atoms with van der Waals surface area (Å²) >= 11 is 0. The molecule has 0 bridgehead atoms. The Balaban J connectivity index is 2.56. The van der Waals surface area contributed by atoms with E-state index >= 15 is 0 Å². The van der Waals surface area contributed by atoms with Crippen LogP contribution in [0.1, 0.15) is 11.1 Å². The number of hydrogen-bond donors (Lipinski definition) is 1. The maximum Gasteiger partial charge on any atom is 0.155 e. The van der Waals surface area contributed by atoms with Crippen LogP contribution >= 0.6 is 0 Å². The Kier molecular flexibility index (Phi) is 2.10. The Morgan fingerprint density at radius 2 is 2.33 bits per heavy atom. The van der Waals surface area contributed by atoms with E-state index in [1.807, 2.05) is 25.1 Å². The number of pyridine rings is 1. The van der Waals surface area contributed by atoms with Crippen molar-refractivity contribution in [2.75, 3.05) is 5.73 Å². The van der Waals surface area contributed by atoms with Crippen LogP contribution in [0.5, 0.6) is 0 Å². The Labute approximate surface area is 86.8 Å². The number of nitrogens with zero attached hydrogens (tertiary/aromatic N) is 4. The van der Waals surface area contributed by atoms with Gasteiger partial charge in [-0.25, -0.2) is 4.98 Å². The van der Waals surface area contributed by atoms with Crippen molar-refractivity contribution in [2.24, 2.45) is 0 Å². The molecule has 0 spiro atoms. The SMILES string of the molecule is Cc1ccnc(-n2ncc(C#N)c2N)c1. The van der Waals surface area contributed by atoms with Crippen LogP contribution in [-0.4, -0.2) is 14.8 Å². The minimum absolute atomic E-state index is 0.315. The van der Waals surface area contributed by atoms with E-state index in [-0.39, 0.29) is 0 Å². The molecule has 15 heavy (non-hydrogen) atoms. The van der Waals surface area contributed by atoms with Crippen LogP contribution in [0, 0.1) is 18.3 Å². The maximum absolute atomic E-state index is 8.73. The van der Waals surface area contributed by atoms with Crippen molar-refractivity contribution in [3.05, 3.63) is 35.7 Å². The van der Waals surface area contributed by atoms with E-state index in [0.717, 1.165) is 5.56 Å². The van der Waals surface area contributed by atoms with Gasteiger partial charge >= 0.3 is 0 Å². The highest BCUT2D eigenvalue weighted by atomic mass is 15.3. The molecule has 0 saturated carbocycles. The van der Waals surface area contributed by atoms with Crippen LogP contribution in [0.2, 0.25) is 0 Å². The highest BCUT2D eigenvalue weighted by Crippen LogP contribution is 2.14. The lowest BCUT2D eigenvalue weighted by Gasteiger charge is -2.02. The second-order valence-electron chi connectivity index (χ2n) is 3.16. The molecule has 0 amide bonds. The first-order valence-corrected chi connectivity index (χ1v) is 4.39. The van der Waals surface area contributed by atoms with E-state index in [2.05, 4.69) is 10.1 Å². The van der Waals surface area contributed by atoms with Gasteiger partial charge in [-0.15, -0.1) is 0 Å². The predicted molar refractivity (Wildman–Crippen MR) is 55.2 cm³/mol. The molecule has 5 heteroatoms. The lowest BCUT2D eigenvalue weighted by Crippen LogP contribution is -2.04. The zero-order chi connectivity index (χ0) is 10.8. The van der Waals surface area contributed by atoms with Gasteiger partial charge in [0.05, 0.1) is 6.20 Å². The first-order chi connectivity index (χ1) is 7.22. The normalized spacial score (nSPS) is 9.87. The second kappa shape index (κ2) is 3.42. The van der Waals surface area contributed by atoms with E-state index in [1.165, 1.54) is 10.9 Å². The molecule has 0 fully saturated rings. The van der Waals surface area contributed by atoms with Crippen molar-refractivity contribution in [2.45, 2.75) is 6.92 Å². The fourth-order valence-electron chi connectivity index (χ4n) is 1.26. The van der Waals surface area contributed by atoms with Gasteiger partial charge in [-0.3, -0.25) is 0 Å². The molecule has 0 aromatic carbocycles. The molecule has 74 valence electrons. The Morgan fingerprint density at radius 1 is 1.53 bits per heavy atom. The molecule has 2 N–H and O–H groups in total. The van der Waals surface area contributed by atoms with E-state index in [4.69, 9.17) is 11.0 Å². The summed E-state index contributed by atoms with van der Waals surface area (Å²) < 4.78 is 1.45. The van der Waals surface area contributed by atoms with Crippen LogP contribution in [0.15, 0.2) is 24.5 Å². The van der Waals surface area contributed by atoms with Crippen molar-refractivity contribution in [3.8, 4) is 11.9 Å². The van der Waals surface area contributed by atoms with E-state index < -0.39 is 0 Å². The Hall–Kier alpha value is -2.35. The van der Waals surface area contributed by atoms with Gasteiger partial charge in [0, 0.05) is 6.20 Å². The zero-order valence-electron chi connectivity index (χ0n) is 8.18. The number of nitriles is 1. The molecule has 0 aliphatic carbocycles. The zero-order valence-corrected chi connectivity index (χ0v) is 8.18. The number of nitrogens with two attached hydrogens (primary N) is 1. The van der Waals surface area contributed by atoms with Crippen molar-refractivity contribution >= 4 is 5.82 Å². The van der Waals surface area contributed by atoms with Crippen LogP contribution in [0.25, 0.3) is 5.82 Å². The summed E-state index contributed by atoms with van der Waals surface area (Å²) in [5.74, 6) is 0.935. The van der Waals surface area contributed by atoms with Gasteiger partial charge in [0.15, 0.2) is 5.82 Å². The molecule has 0 unspecified atom stereocenters. The Bertz CT molecular complexity index is 535. The fourth-order valence-corrected chi connectivity index (χ4v) is 1.26. The highest BCUT2D eigenvalue weighted by molar-refractivity contribution is 5.51. The average Bonchev–Trinajstić information content (AvgIpc) is 2.59.